The zero-order valence-corrected chi connectivity index (χ0v) is 14.9. The van der Waals surface area contributed by atoms with Crippen LogP contribution in [0.3, 0.4) is 0 Å². The Morgan fingerprint density at radius 2 is 1.30 bits per heavy atom. The summed E-state index contributed by atoms with van der Waals surface area (Å²) in [6.45, 7) is 12.4. The molecule has 2 atom stereocenters. The van der Waals surface area contributed by atoms with Gasteiger partial charge in [-0.05, 0) is 33.1 Å². The van der Waals surface area contributed by atoms with E-state index in [4.69, 9.17) is 19.0 Å². The van der Waals surface area contributed by atoms with E-state index in [0.717, 1.165) is 25.3 Å². The zero-order chi connectivity index (χ0) is 15.4. The molecule has 3 N–H and O–H groups in total. The maximum absolute atomic E-state index is 6.05. The molecule has 0 bridgehead atoms. The topological polar surface area (TPSA) is 65.7 Å². The molecular weight excluding hydrogens is 272 g/mol. The Morgan fingerprint density at radius 1 is 0.900 bits per heavy atom. The van der Waals surface area contributed by atoms with Gasteiger partial charge in [-0.15, -0.1) is 0 Å². The second-order valence-electron chi connectivity index (χ2n) is 5.29. The first-order valence-corrected chi connectivity index (χ1v) is 9.86. The van der Waals surface area contributed by atoms with E-state index in [1.54, 1.807) is 0 Å². The normalized spacial score (nSPS) is 15.3. The molecule has 0 radical (unpaired) electrons. The van der Waals surface area contributed by atoms with Crippen molar-refractivity contribution in [2.45, 2.75) is 72.1 Å². The van der Waals surface area contributed by atoms with Crippen LogP contribution in [-0.2, 0) is 13.3 Å². The molecule has 0 aliphatic heterocycles. The summed E-state index contributed by atoms with van der Waals surface area (Å²) < 4.78 is 18.1. The van der Waals surface area contributed by atoms with Crippen LogP contribution >= 0.6 is 0 Å². The largest absolute Gasteiger partial charge is 0.502 e. The van der Waals surface area contributed by atoms with Gasteiger partial charge >= 0.3 is 8.80 Å². The minimum Gasteiger partial charge on any atom is -0.373 e. The second kappa shape index (κ2) is 11.7. The van der Waals surface area contributed by atoms with Crippen molar-refractivity contribution < 1.29 is 13.3 Å². The molecule has 0 rings (SSSR count). The first kappa shape index (κ1) is 20.0. The van der Waals surface area contributed by atoms with Crippen molar-refractivity contribution in [1.29, 1.82) is 0 Å². The molecule has 0 aromatic heterocycles. The smallest absolute Gasteiger partial charge is 0.373 e. The summed E-state index contributed by atoms with van der Waals surface area (Å²) in [6, 6.07) is 0.974. The molecular formula is C14H34N2O3Si. The minimum atomic E-state index is -2.61. The fourth-order valence-electron chi connectivity index (χ4n) is 1.96. The first-order valence-electron chi connectivity index (χ1n) is 7.93. The molecule has 0 spiro atoms. The van der Waals surface area contributed by atoms with Crippen molar-refractivity contribution in [3.8, 4) is 0 Å². The van der Waals surface area contributed by atoms with Gasteiger partial charge in [-0.25, -0.2) is 0 Å². The van der Waals surface area contributed by atoms with Crippen molar-refractivity contribution >= 4 is 8.80 Å². The highest BCUT2D eigenvalue weighted by molar-refractivity contribution is 6.60. The summed E-state index contributed by atoms with van der Waals surface area (Å²) in [5, 5.41) is 3.30. The van der Waals surface area contributed by atoms with Crippen molar-refractivity contribution in [3.05, 3.63) is 0 Å². The molecule has 0 aromatic carbocycles. The highest BCUT2D eigenvalue weighted by Gasteiger charge is 2.42. The molecule has 5 nitrogen and oxygen atoms in total. The predicted molar refractivity (Wildman–Crippen MR) is 85.5 cm³/mol. The van der Waals surface area contributed by atoms with Gasteiger partial charge in [-0.1, -0.05) is 20.8 Å². The van der Waals surface area contributed by atoms with Crippen LogP contribution in [0.1, 0.15) is 53.9 Å². The fourth-order valence-corrected chi connectivity index (χ4v) is 4.97. The first-order chi connectivity index (χ1) is 9.49. The van der Waals surface area contributed by atoms with Gasteiger partial charge in [-0.2, -0.15) is 0 Å². The van der Waals surface area contributed by atoms with E-state index < -0.39 is 8.80 Å². The minimum absolute atomic E-state index is 0.0415. The van der Waals surface area contributed by atoms with E-state index >= 15 is 0 Å². The molecule has 122 valence electrons. The number of hydrogen-bond acceptors (Lipinski definition) is 5. The Morgan fingerprint density at radius 3 is 1.60 bits per heavy atom. The summed E-state index contributed by atoms with van der Waals surface area (Å²) in [5.74, 6) is 0. The van der Waals surface area contributed by atoms with Crippen LogP contribution in [0.25, 0.3) is 0 Å². The molecule has 0 heterocycles. The Balaban J connectivity index is 4.73. The quantitative estimate of drug-likeness (QED) is 0.404. The summed E-state index contributed by atoms with van der Waals surface area (Å²) in [6.07, 6.45) is 2.86. The van der Waals surface area contributed by atoms with Crippen molar-refractivity contribution in [2.24, 2.45) is 5.73 Å². The van der Waals surface area contributed by atoms with E-state index in [-0.39, 0.29) is 12.2 Å². The lowest BCUT2D eigenvalue weighted by Crippen LogP contribution is -2.52. The fraction of sp³-hybridized carbons (Fsp3) is 1.00. The van der Waals surface area contributed by atoms with E-state index in [1.807, 2.05) is 6.92 Å². The number of hydrogen-bond donors (Lipinski definition) is 2. The van der Waals surface area contributed by atoms with Gasteiger partial charge in [0.05, 0.1) is 6.17 Å². The lowest BCUT2D eigenvalue weighted by molar-refractivity contribution is 0.0569. The van der Waals surface area contributed by atoms with Crippen LogP contribution in [0.5, 0.6) is 0 Å². The van der Waals surface area contributed by atoms with Crippen LogP contribution in [0.4, 0.5) is 0 Å². The van der Waals surface area contributed by atoms with Gasteiger partial charge in [0.25, 0.3) is 0 Å². The van der Waals surface area contributed by atoms with Gasteiger partial charge in [0.15, 0.2) is 0 Å². The molecule has 6 heteroatoms. The maximum Gasteiger partial charge on any atom is 0.502 e. The molecule has 0 saturated heterocycles. The predicted octanol–water partition coefficient (Wildman–Crippen LogP) is 2.49. The lowest BCUT2D eigenvalue weighted by Gasteiger charge is -2.32. The van der Waals surface area contributed by atoms with Crippen molar-refractivity contribution in [1.82, 2.24) is 5.32 Å². The molecule has 0 fully saturated rings. The Labute approximate surface area is 125 Å². The molecule has 0 aliphatic carbocycles. The summed E-state index contributed by atoms with van der Waals surface area (Å²) in [7, 11) is -2.61. The second-order valence-corrected chi connectivity index (χ2v) is 7.93. The van der Waals surface area contributed by atoms with Crippen molar-refractivity contribution in [2.75, 3.05) is 19.8 Å². The Kier molecular flexibility index (Phi) is 11.7. The highest BCUT2D eigenvalue weighted by Crippen LogP contribution is 2.19. The van der Waals surface area contributed by atoms with Crippen LogP contribution in [-0.4, -0.2) is 40.8 Å². The molecule has 0 aliphatic rings. The average molecular weight is 307 g/mol. The van der Waals surface area contributed by atoms with E-state index in [2.05, 4.69) is 33.0 Å². The number of nitrogens with two attached hydrogens (primary N) is 1. The zero-order valence-electron chi connectivity index (χ0n) is 13.9. The van der Waals surface area contributed by atoms with Gasteiger partial charge in [0.1, 0.15) is 0 Å². The Hall–Kier alpha value is 0.0169. The molecule has 0 amide bonds. The standard InChI is InChI=1S/C14H34N2O3Si/c1-6-9-17-20(18-10-7-2,19-11-8-3)12-13(4)16-14(5)15/h13-14,16H,6-12,15H2,1-5H3. The third-order valence-corrected chi connectivity index (χ3v) is 5.73. The van der Waals surface area contributed by atoms with Crippen LogP contribution in [0.15, 0.2) is 0 Å². The van der Waals surface area contributed by atoms with Crippen LogP contribution in [0, 0.1) is 0 Å². The average Bonchev–Trinajstić information content (AvgIpc) is 2.39. The van der Waals surface area contributed by atoms with Crippen LogP contribution in [0.2, 0.25) is 6.04 Å². The lowest BCUT2D eigenvalue weighted by atomic mass is 10.4. The molecule has 0 saturated carbocycles. The van der Waals surface area contributed by atoms with Gasteiger partial charge < -0.3 is 19.0 Å². The van der Waals surface area contributed by atoms with Gasteiger partial charge in [-0.3, -0.25) is 5.32 Å². The third kappa shape index (κ3) is 9.04. The highest BCUT2D eigenvalue weighted by atomic mass is 28.4. The summed E-state index contributed by atoms with van der Waals surface area (Å²) in [5.41, 5.74) is 5.79. The van der Waals surface area contributed by atoms with Gasteiger partial charge in [0.2, 0.25) is 0 Å². The van der Waals surface area contributed by atoms with Crippen molar-refractivity contribution in [3.63, 3.8) is 0 Å². The molecule has 2 unspecified atom stereocenters. The third-order valence-electron chi connectivity index (χ3n) is 2.68. The molecule has 0 aromatic rings. The summed E-state index contributed by atoms with van der Waals surface area (Å²) >= 11 is 0. The number of nitrogens with one attached hydrogen (secondary N) is 1. The van der Waals surface area contributed by atoms with Gasteiger partial charge in [0, 0.05) is 31.9 Å². The van der Waals surface area contributed by atoms with E-state index in [9.17, 15) is 0 Å². The Bertz CT molecular complexity index is 209. The van der Waals surface area contributed by atoms with E-state index in [1.165, 1.54) is 0 Å². The SMILES string of the molecule is CCCO[Si](CC(C)NC(C)N)(OCCC)OCCC. The number of rotatable bonds is 13. The maximum atomic E-state index is 6.05. The summed E-state index contributed by atoms with van der Waals surface area (Å²) in [4.78, 5) is 0. The van der Waals surface area contributed by atoms with Crippen LogP contribution < -0.4 is 11.1 Å². The monoisotopic (exact) mass is 306 g/mol. The van der Waals surface area contributed by atoms with E-state index in [0.29, 0.717) is 19.8 Å². The molecule has 20 heavy (non-hydrogen) atoms.